The molecular weight excluding hydrogens is 388 g/mol. The van der Waals surface area contributed by atoms with Gasteiger partial charge in [-0.3, -0.25) is 0 Å². The topological polar surface area (TPSA) is 116 Å². The van der Waals surface area contributed by atoms with Crippen molar-refractivity contribution in [3.05, 3.63) is 18.2 Å². The average molecular weight is 413 g/mol. The highest BCUT2D eigenvalue weighted by Crippen LogP contribution is 2.29. The molecule has 0 saturated heterocycles. The molecule has 10 heteroatoms. The minimum absolute atomic E-state index is 0. The molecule has 0 aliphatic heterocycles. The first-order valence-electron chi connectivity index (χ1n) is 7.79. The van der Waals surface area contributed by atoms with Crippen molar-refractivity contribution in [1.29, 1.82) is 0 Å². The van der Waals surface area contributed by atoms with Gasteiger partial charge in [-0.25, -0.2) is 21.6 Å². The van der Waals surface area contributed by atoms with E-state index < -0.39 is 19.9 Å². The normalized spacial score (nSPS) is 21.4. The van der Waals surface area contributed by atoms with E-state index in [1.54, 1.807) is 0 Å². The largest absolute Gasteiger partial charge is 0.495 e. The van der Waals surface area contributed by atoms with E-state index in [-0.39, 0.29) is 39.9 Å². The van der Waals surface area contributed by atoms with Crippen molar-refractivity contribution >= 4 is 32.3 Å². The van der Waals surface area contributed by atoms with E-state index in [1.807, 2.05) is 0 Å². The fourth-order valence-corrected chi connectivity index (χ4v) is 5.26. The first kappa shape index (κ1) is 22.2. The smallest absolute Gasteiger partial charge is 0.244 e. The van der Waals surface area contributed by atoms with Crippen molar-refractivity contribution in [2.24, 2.45) is 11.7 Å². The van der Waals surface area contributed by atoms with Crippen LogP contribution < -0.4 is 15.2 Å². The van der Waals surface area contributed by atoms with Gasteiger partial charge in [0.15, 0.2) is 9.84 Å². The van der Waals surface area contributed by atoms with E-state index >= 15 is 0 Å². The fourth-order valence-electron chi connectivity index (χ4n) is 3.01. The Labute approximate surface area is 155 Å². The van der Waals surface area contributed by atoms with Crippen LogP contribution in [0.4, 0.5) is 0 Å². The lowest BCUT2D eigenvalue weighted by Gasteiger charge is -2.31. The van der Waals surface area contributed by atoms with Crippen LogP contribution in [-0.4, -0.2) is 42.8 Å². The molecular formula is C15H25ClN2O5S2. The number of ether oxygens (including phenoxy) is 1. The highest BCUT2D eigenvalue weighted by Gasteiger charge is 2.30. The van der Waals surface area contributed by atoms with E-state index in [0.717, 1.165) is 38.0 Å². The van der Waals surface area contributed by atoms with Crippen LogP contribution in [0.1, 0.15) is 25.7 Å². The van der Waals surface area contributed by atoms with Gasteiger partial charge in [-0.05, 0) is 43.5 Å². The summed E-state index contributed by atoms with van der Waals surface area (Å²) in [7, 11) is -6.11. The maximum Gasteiger partial charge on any atom is 0.244 e. The Balaban J connectivity index is 0.00000312. The molecule has 0 spiro atoms. The third-order valence-corrected chi connectivity index (χ3v) is 6.99. The number of rotatable bonds is 6. The number of hydrogen-bond donors (Lipinski definition) is 2. The number of sulfonamides is 1. The molecule has 1 aliphatic rings. The lowest BCUT2D eigenvalue weighted by molar-refractivity contribution is 0.295. The molecule has 0 bridgehead atoms. The number of halogens is 1. The second kappa shape index (κ2) is 8.68. The standard InChI is InChI=1S/C15H24N2O5S2.ClH/c1-22-14-8-7-12(23(2,18)19)9-15(14)24(20,21)17-13-6-4-3-5-11(13)10-16;/h7-9,11,13,17H,3-6,10,16H2,1-2H3;1H. The maximum atomic E-state index is 12.8. The Bertz CT molecular complexity index is 796. The van der Waals surface area contributed by atoms with Crippen molar-refractivity contribution in [3.8, 4) is 5.75 Å². The second-order valence-corrected chi connectivity index (χ2v) is 9.79. The van der Waals surface area contributed by atoms with Crippen LogP contribution >= 0.6 is 12.4 Å². The number of sulfone groups is 1. The Morgan fingerprint density at radius 2 is 1.84 bits per heavy atom. The summed E-state index contributed by atoms with van der Waals surface area (Å²) in [6, 6.07) is 3.57. The van der Waals surface area contributed by atoms with E-state index in [9.17, 15) is 16.8 Å². The Kier molecular flexibility index (Phi) is 7.70. The molecule has 0 aromatic heterocycles. The van der Waals surface area contributed by atoms with Gasteiger partial charge in [-0.15, -0.1) is 12.4 Å². The Morgan fingerprint density at radius 3 is 2.40 bits per heavy atom. The molecule has 7 nitrogen and oxygen atoms in total. The van der Waals surface area contributed by atoms with Crippen molar-refractivity contribution in [1.82, 2.24) is 4.72 Å². The molecule has 0 heterocycles. The summed E-state index contributed by atoms with van der Waals surface area (Å²) in [6.45, 7) is 0.410. The summed E-state index contributed by atoms with van der Waals surface area (Å²) in [6.07, 6.45) is 4.60. The van der Waals surface area contributed by atoms with Gasteiger partial charge in [-0.1, -0.05) is 12.8 Å². The first-order chi connectivity index (χ1) is 11.2. The van der Waals surface area contributed by atoms with E-state index in [4.69, 9.17) is 10.5 Å². The van der Waals surface area contributed by atoms with Crippen LogP contribution in [0.15, 0.2) is 28.0 Å². The van der Waals surface area contributed by atoms with E-state index in [0.29, 0.717) is 6.54 Å². The molecule has 2 unspecified atom stereocenters. The van der Waals surface area contributed by atoms with Crippen molar-refractivity contribution < 1.29 is 21.6 Å². The number of hydrogen-bond acceptors (Lipinski definition) is 6. The number of nitrogens with two attached hydrogens (primary N) is 1. The molecule has 0 radical (unpaired) electrons. The fraction of sp³-hybridized carbons (Fsp3) is 0.600. The SMILES string of the molecule is COc1ccc(S(C)(=O)=O)cc1S(=O)(=O)NC1CCCCC1CN.Cl. The third kappa shape index (κ3) is 5.30. The predicted molar refractivity (Wildman–Crippen MR) is 98.5 cm³/mol. The summed E-state index contributed by atoms with van der Waals surface area (Å²) in [5.41, 5.74) is 5.75. The first-order valence-corrected chi connectivity index (χ1v) is 11.2. The van der Waals surface area contributed by atoms with Gasteiger partial charge >= 0.3 is 0 Å². The lowest BCUT2D eigenvalue weighted by Crippen LogP contribution is -2.44. The minimum Gasteiger partial charge on any atom is -0.495 e. The number of nitrogens with one attached hydrogen (secondary N) is 1. The maximum absolute atomic E-state index is 12.8. The van der Waals surface area contributed by atoms with Crippen LogP contribution in [-0.2, 0) is 19.9 Å². The molecule has 3 N–H and O–H groups in total. The number of benzene rings is 1. The molecule has 1 fully saturated rings. The van der Waals surface area contributed by atoms with E-state index in [1.165, 1.54) is 19.2 Å². The van der Waals surface area contributed by atoms with Crippen LogP contribution in [0, 0.1) is 5.92 Å². The zero-order chi connectivity index (χ0) is 18.0. The van der Waals surface area contributed by atoms with Gasteiger partial charge in [0.1, 0.15) is 10.6 Å². The monoisotopic (exact) mass is 412 g/mol. The second-order valence-electron chi connectivity index (χ2n) is 6.09. The summed E-state index contributed by atoms with van der Waals surface area (Å²) in [4.78, 5) is -0.239. The molecule has 0 amide bonds. The third-order valence-electron chi connectivity index (χ3n) is 4.37. The molecule has 1 aliphatic carbocycles. The number of methoxy groups -OCH3 is 1. The van der Waals surface area contributed by atoms with Gasteiger partial charge in [0.25, 0.3) is 0 Å². The molecule has 25 heavy (non-hydrogen) atoms. The van der Waals surface area contributed by atoms with Gasteiger partial charge in [-0.2, -0.15) is 0 Å². The predicted octanol–water partition coefficient (Wildman–Crippen LogP) is 1.32. The van der Waals surface area contributed by atoms with Gasteiger partial charge < -0.3 is 10.5 Å². The van der Waals surface area contributed by atoms with Gasteiger partial charge in [0.2, 0.25) is 10.0 Å². The summed E-state index contributed by atoms with van der Waals surface area (Å²) in [5.74, 6) is 0.188. The van der Waals surface area contributed by atoms with Gasteiger partial charge in [0, 0.05) is 12.3 Å². The lowest BCUT2D eigenvalue weighted by atomic mass is 9.85. The highest BCUT2D eigenvalue weighted by molar-refractivity contribution is 7.91. The van der Waals surface area contributed by atoms with Crippen LogP contribution in [0.25, 0.3) is 0 Å². The zero-order valence-electron chi connectivity index (χ0n) is 14.3. The Hall–Kier alpha value is -0.870. The molecule has 1 aromatic carbocycles. The van der Waals surface area contributed by atoms with Crippen molar-refractivity contribution in [2.45, 2.75) is 41.5 Å². The molecule has 2 atom stereocenters. The minimum atomic E-state index is -3.92. The average Bonchev–Trinajstić information content (AvgIpc) is 2.53. The van der Waals surface area contributed by atoms with Crippen LogP contribution in [0.3, 0.4) is 0 Å². The highest BCUT2D eigenvalue weighted by atomic mass is 35.5. The molecule has 1 aromatic rings. The van der Waals surface area contributed by atoms with Crippen molar-refractivity contribution in [3.63, 3.8) is 0 Å². The van der Waals surface area contributed by atoms with Gasteiger partial charge in [0.05, 0.1) is 12.0 Å². The molecule has 1 saturated carbocycles. The summed E-state index contributed by atoms with van der Waals surface area (Å²) in [5, 5.41) is 0. The summed E-state index contributed by atoms with van der Waals surface area (Å²) < 4.78 is 56.8. The van der Waals surface area contributed by atoms with Crippen LogP contribution in [0.2, 0.25) is 0 Å². The molecule has 144 valence electrons. The molecule has 2 rings (SSSR count). The zero-order valence-corrected chi connectivity index (χ0v) is 16.7. The van der Waals surface area contributed by atoms with Crippen molar-refractivity contribution in [2.75, 3.05) is 19.9 Å². The Morgan fingerprint density at radius 1 is 1.20 bits per heavy atom. The quantitative estimate of drug-likeness (QED) is 0.727. The summed E-state index contributed by atoms with van der Waals surface area (Å²) >= 11 is 0. The van der Waals surface area contributed by atoms with E-state index in [2.05, 4.69) is 4.72 Å². The van der Waals surface area contributed by atoms with Crippen LogP contribution in [0.5, 0.6) is 5.75 Å².